The Hall–Kier alpha value is -4.14. The number of aromatic nitrogens is 4. The average Bonchev–Trinajstić information content (AvgIpc) is 3.34. The first-order valence-corrected chi connectivity index (χ1v) is 9.43. The highest BCUT2D eigenvalue weighted by molar-refractivity contribution is 5.99. The van der Waals surface area contributed by atoms with Crippen LogP contribution in [0.4, 0.5) is 14.6 Å². The molecule has 0 aliphatic rings. The summed E-state index contributed by atoms with van der Waals surface area (Å²) < 4.78 is 34.9. The quantitative estimate of drug-likeness (QED) is 0.469. The third-order valence-electron chi connectivity index (χ3n) is 4.94. The van der Waals surface area contributed by atoms with Crippen molar-refractivity contribution < 1.29 is 18.1 Å². The maximum atomic E-state index is 15.0. The van der Waals surface area contributed by atoms with Crippen LogP contribution in [-0.2, 0) is 11.2 Å². The monoisotopic (exact) mass is 419 g/mol. The largest absolute Gasteiger partial charge is 0.334 e. The zero-order valence-electron chi connectivity index (χ0n) is 16.3. The Morgan fingerprint density at radius 1 is 1.16 bits per heavy atom. The number of hydrogen-bond donors (Lipinski definition) is 1. The summed E-state index contributed by atoms with van der Waals surface area (Å²) in [4.78, 5) is 16.6. The number of anilines is 1. The zero-order valence-corrected chi connectivity index (χ0v) is 16.3. The van der Waals surface area contributed by atoms with Crippen LogP contribution in [0.1, 0.15) is 11.3 Å². The van der Waals surface area contributed by atoms with Crippen LogP contribution in [0.3, 0.4) is 0 Å². The molecule has 5 aromatic rings. The fourth-order valence-electron chi connectivity index (χ4n) is 3.42. The van der Waals surface area contributed by atoms with Crippen molar-refractivity contribution in [2.75, 3.05) is 5.32 Å². The summed E-state index contributed by atoms with van der Waals surface area (Å²) in [6.45, 7) is 1.90. The van der Waals surface area contributed by atoms with Crippen LogP contribution < -0.4 is 5.32 Å². The van der Waals surface area contributed by atoms with Crippen LogP contribution in [0.2, 0.25) is 0 Å². The summed E-state index contributed by atoms with van der Waals surface area (Å²) in [6.07, 6.45) is 1.55. The number of halogens is 2. The number of amides is 1. The molecular weight excluding hydrogens is 404 g/mol. The van der Waals surface area contributed by atoms with E-state index in [4.69, 9.17) is 4.52 Å². The fraction of sp³-hybridized carbons (Fsp3) is 0.0909. The molecule has 31 heavy (non-hydrogen) atoms. The molecule has 0 fully saturated rings. The van der Waals surface area contributed by atoms with Gasteiger partial charge in [-0.3, -0.25) is 4.79 Å². The number of nitrogens with one attached hydrogen (secondary N) is 1. The molecule has 1 N–H and O–H groups in total. The minimum absolute atomic E-state index is 0.00434. The van der Waals surface area contributed by atoms with Crippen molar-refractivity contribution in [3.63, 3.8) is 0 Å². The second-order valence-corrected chi connectivity index (χ2v) is 7.08. The first-order chi connectivity index (χ1) is 15.0. The van der Waals surface area contributed by atoms with Gasteiger partial charge in [-0.25, -0.2) is 18.3 Å². The van der Waals surface area contributed by atoms with Gasteiger partial charge in [0.1, 0.15) is 11.5 Å². The number of rotatable bonds is 4. The predicted octanol–water partition coefficient (Wildman–Crippen LogP) is 4.31. The van der Waals surface area contributed by atoms with Crippen molar-refractivity contribution in [1.29, 1.82) is 0 Å². The van der Waals surface area contributed by atoms with Gasteiger partial charge in [-0.1, -0.05) is 23.4 Å². The molecule has 0 atom stereocenters. The first-order valence-electron chi connectivity index (χ1n) is 9.43. The molecule has 1 aromatic carbocycles. The van der Waals surface area contributed by atoms with Crippen LogP contribution in [-0.4, -0.2) is 25.7 Å². The molecule has 4 aromatic heterocycles. The number of benzene rings is 1. The minimum atomic E-state index is -0.596. The lowest BCUT2D eigenvalue weighted by molar-refractivity contribution is -0.115. The normalized spacial score (nSPS) is 11.3. The van der Waals surface area contributed by atoms with E-state index in [-0.39, 0.29) is 34.8 Å². The Morgan fingerprint density at radius 3 is 2.77 bits per heavy atom. The van der Waals surface area contributed by atoms with Crippen molar-refractivity contribution in [3.8, 4) is 11.3 Å². The van der Waals surface area contributed by atoms with E-state index < -0.39 is 11.7 Å². The van der Waals surface area contributed by atoms with Gasteiger partial charge in [0.15, 0.2) is 11.6 Å². The molecule has 0 saturated heterocycles. The third-order valence-corrected chi connectivity index (χ3v) is 4.94. The van der Waals surface area contributed by atoms with Crippen LogP contribution in [0, 0.1) is 18.6 Å². The van der Waals surface area contributed by atoms with Gasteiger partial charge in [0, 0.05) is 11.3 Å². The lowest BCUT2D eigenvalue weighted by Crippen LogP contribution is -2.14. The smallest absolute Gasteiger partial charge is 0.260 e. The first kappa shape index (κ1) is 18.9. The van der Waals surface area contributed by atoms with Crippen molar-refractivity contribution in [3.05, 3.63) is 77.6 Å². The van der Waals surface area contributed by atoms with E-state index in [2.05, 4.69) is 20.6 Å². The van der Waals surface area contributed by atoms with Crippen LogP contribution >= 0.6 is 0 Å². The predicted molar refractivity (Wildman–Crippen MR) is 109 cm³/mol. The Bertz CT molecular complexity index is 1440. The summed E-state index contributed by atoms with van der Waals surface area (Å²) in [5.41, 5.74) is 2.91. The number of nitrogens with zero attached hydrogens (tertiary/aromatic N) is 4. The molecule has 0 unspecified atom stereocenters. The van der Waals surface area contributed by atoms with Crippen molar-refractivity contribution >= 4 is 28.3 Å². The van der Waals surface area contributed by atoms with Crippen molar-refractivity contribution in [2.24, 2.45) is 0 Å². The molecule has 0 radical (unpaired) electrons. The lowest BCUT2D eigenvalue weighted by Gasteiger charge is -2.04. The summed E-state index contributed by atoms with van der Waals surface area (Å²) in [5.74, 6) is -1.31. The van der Waals surface area contributed by atoms with Gasteiger partial charge in [-0.2, -0.15) is 5.10 Å². The van der Waals surface area contributed by atoms with Crippen molar-refractivity contribution in [1.82, 2.24) is 19.8 Å². The molecule has 1 amide bonds. The van der Waals surface area contributed by atoms with E-state index in [1.165, 1.54) is 30.3 Å². The van der Waals surface area contributed by atoms with E-state index in [0.29, 0.717) is 16.6 Å². The van der Waals surface area contributed by atoms with E-state index in [1.54, 1.807) is 10.7 Å². The van der Waals surface area contributed by atoms with Gasteiger partial charge in [0.05, 0.1) is 23.5 Å². The molecular formula is C22H15F2N5O2. The average molecular weight is 419 g/mol. The molecule has 0 aliphatic heterocycles. The Balaban J connectivity index is 1.46. The highest BCUT2D eigenvalue weighted by Gasteiger charge is 2.20. The molecule has 9 heteroatoms. The second kappa shape index (κ2) is 7.28. The highest BCUT2D eigenvalue weighted by atomic mass is 19.1. The maximum Gasteiger partial charge on any atom is 0.260 e. The lowest BCUT2D eigenvalue weighted by atomic mass is 10.1. The Morgan fingerprint density at radius 2 is 1.97 bits per heavy atom. The molecule has 7 nitrogen and oxygen atoms in total. The van der Waals surface area contributed by atoms with Gasteiger partial charge >= 0.3 is 0 Å². The van der Waals surface area contributed by atoms with E-state index in [9.17, 15) is 13.6 Å². The summed E-state index contributed by atoms with van der Waals surface area (Å²) >= 11 is 0. The molecule has 154 valence electrons. The number of aryl methyl sites for hydroxylation is 1. The maximum absolute atomic E-state index is 15.0. The van der Waals surface area contributed by atoms with Crippen molar-refractivity contribution in [2.45, 2.75) is 13.3 Å². The second-order valence-electron chi connectivity index (χ2n) is 7.08. The number of pyridine rings is 2. The van der Waals surface area contributed by atoms with Gasteiger partial charge in [-0.15, -0.1) is 0 Å². The number of hydrogen-bond acceptors (Lipinski definition) is 5. The fourth-order valence-corrected chi connectivity index (χ4v) is 3.42. The van der Waals surface area contributed by atoms with Gasteiger partial charge in [0.25, 0.3) is 5.71 Å². The molecule has 0 aliphatic carbocycles. The molecule has 0 bridgehead atoms. The third kappa shape index (κ3) is 3.39. The SMILES string of the molecule is Cc1cccc2c(-c3nc4onc(NC(=O)Cc5ccc(F)cc5)c4cc3F)cnn12. The van der Waals surface area contributed by atoms with Crippen LogP contribution in [0.15, 0.2) is 59.3 Å². The molecule has 4 heterocycles. The number of carbonyl (C=O) groups excluding carboxylic acids is 1. The molecule has 0 saturated carbocycles. The standard InChI is InChI=1S/C22H15F2N5O2/c1-12-3-2-4-18-16(11-25-29(12)18)20-17(24)10-15-21(28-31-22(15)27-20)26-19(30)9-13-5-7-14(23)8-6-13/h2-8,10-11H,9H2,1H3,(H,26,28,30). The zero-order chi connectivity index (χ0) is 21.5. The van der Waals surface area contributed by atoms with Crippen LogP contribution in [0.5, 0.6) is 0 Å². The van der Waals surface area contributed by atoms with Gasteiger partial charge in [-0.05, 0) is 42.8 Å². The van der Waals surface area contributed by atoms with E-state index >= 15 is 0 Å². The topological polar surface area (TPSA) is 85.3 Å². The Labute approximate surface area is 174 Å². The summed E-state index contributed by atoms with van der Waals surface area (Å²) in [7, 11) is 0. The summed E-state index contributed by atoms with van der Waals surface area (Å²) in [5, 5.41) is 10.9. The highest BCUT2D eigenvalue weighted by Crippen LogP contribution is 2.31. The Kier molecular flexibility index (Phi) is 4.43. The molecule has 0 spiro atoms. The molecule has 5 rings (SSSR count). The summed E-state index contributed by atoms with van der Waals surface area (Å²) in [6, 6.07) is 12.4. The number of fused-ring (bicyclic) bond motifs is 2. The number of carbonyl (C=O) groups is 1. The van der Waals surface area contributed by atoms with E-state index in [1.807, 2.05) is 25.1 Å². The minimum Gasteiger partial charge on any atom is -0.334 e. The van der Waals surface area contributed by atoms with E-state index in [0.717, 1.165) is 5.69 Å². The van der Waals surface area contributed by atoms with Crippen LogP contribution in [0.25, 0.3) is 27.9 Å². The van der Waals surface area contributed by atoms with Gasteiger partial charge in [0.2, 0.25) is 5.91 Å². The van der Waals surface area contributed by atoms with Gasteiger partial charge < -0.3 is 9.84 Å².